The van der Waals surface area contributed by atoms with E-state index in [9.17, 15) is 18.0 Å². The number of ether oxygens (including phenoxy) is 3. The van der Waals surface area contributed by atoms with Gasteiger partial charge in [-0.2, -0.15) is 13.2 Å². The third-order valence-corrected chi connectivity index (χ3v) is 6.24. The van der Waals surface area contributed by atoms with Gasteiger partial charge in [-0.25, -0.2) is 4.79 Å². The molecule has 2 aliphatic heterocycles. The largest absolute Gasteiger partial charge is 0.493 e. The molecule has 0 radical (unpaired) electrons. The lowest BCUT2D eigenvalue weighted by Crippen LogP contribution is -2.47. The molecule has 10 heteroatoms. The Hall–Kier alpha value is -3.01. The number of pyridine rings is 1. The lowest BCUT2D eigenvalue weighted by atomic mass is 10.0. The first kappa shape index (κ1) is 24.1. The van der Waals surface area contributed by atoms with Gasteiger partial charge in [0.2, 0.25) is 0 Å². The van der Waals surface area contributed by atoms with Gasteiger partial charge in [0, 0.05) is 49.5 Å². The molecule has 1 aromatic heterocycles. The molecule has 34 heavy (non-hydrogen) atoms. The molecule has 0 N–H and O–H groups in total. The quantitative estimate of drug-likeness (QED) is 0.639. The molecular formula is C24H28F3N3O4. The minimum absolute atomic E-state index is 0.274. The number of benzene rings is 1. The molecule has 4 rings (SSSR count). The maximum Gasteiger partial charge on any atom is 0.417 e. The maximum atomic E-state index is 12.9. The summed E-state index contributed by atoms with van der Waals surface area (Å²) < 4.78 is 55.4. The number of methoxy groups -OCH3 is 1. The molecule has 1 amide bonds. The molecule has 3 heterocycles. The Bertz CT molecular complexity index is 1010. The second-order valence-corrected chi connectivity index (χ2v) is 8.33. The summed E-state index contributed by atoms with van der Waals surface area (Å²) in [5, 5.41) is 0. The van der Waals surface area contributed by atoms with Crippen molar-refractivity contribution in [2.45, 2.75) is 38.5 Å². The second-order valence-electron chi connectivity index (χ2n) is 8.33. The summed E-state index contributed by atoms with van der Waals surface area (Å²) in [5.41, 5.74) is 1.18. The third-order valence-electron chi connectivity index (χ3n) is 6.24. The van der Waals surface area contributed by atoms with Gasteiger partial charge < -0.3 is 19.1 Å². The van der Waals surface area contributed by atoms with Crippen LogP contribution in [-0.2, 0) is 17.5 Å². The van der Waals surface area contributed by atoms with E-state index >= 15 is 0 Å². The summed E-state index contributed by atoms with van der Waals surface area (Å²) in [6.07, 6.45) is -2.22. The Balaban J connectivity index is 1.54. The first-order valence-electron chi connectivity index (χ1n) is 11.3. The van der Waals surface area contributed by atoms with Crippen molar-refractivity contribution in [2.24, 2.45) is 0 Å². The van der Waals surface area contributed by atoms with Crippen molar-refractivity contribution in [3.05, 3.63) is 41.6 Å². The number of fused-ring (bicyclic) bond motifs is 1. The highest BCUT2D eigenvalue weighted by Crippen LogP contribution is 2.39. The Kier molecular flexibility index (Phi) is 7.16. The van der Waals surface area contributed by atoms with Crippen molar-refractivity contribution >= 4 is 6.09 Å². The molecule has 2 aliphatic rings. The molecule has 1 saturated heterocycles. The number of hydrogen-bond acceptors (Lipinski definition) is 6. The molecule has 0 aliphatic carbocycles. The molecule has 2 aromatic rings. The number of carbonyl (C=O) groups excluding carboxylic acids is 1. The minimum Gasteiger partial charge on any atom is -0.493 e. The van der Waals surface area contributed by atoms with E-state index in [4.69, 9.17) is 14.2 Å². The van der Waals surface area contributed by atoms with E-state index in [1.807, 2.05) is 6.07 Å². The van der Waals surface area contributed by atoms with E-state index in [1.54, 1.807) is 17.9 Å². The zero-order valence-corrected chi connectivity index (χ0v) is 19.2. The van der Waals surface area contributed by atoms with Crippen LogP contribution in [0.1, 0.15) is 30.9 Å². The monoisotopic (exact) mass is 479 g/mol. The highest BCUT2D eigenvalue weighted by Gasteiger charge is 2.32. The van der Waals surface area contributed by atoms with Crippen LogP contribution in [0.25, 0.3) is 11.3 Å². The van der Waals surface area contributed by atoms with Crippen LogP contribution in [0.3, 0.4) is 0 Å². The Morgan fingerprint density at radius 3 is 2.59 bits per heavy atom. The number of nitrogens with zero attached hydrogens (tertiary/aromatic N) is 3. The van der Waals surface area contributed by atoms with Gasteiger partial charge in [-0.15, -0.1) is 0 Å². The molecule has 0 unspecified atom stereocenters. The lowest BCUT2D eigenvalue weighted by Gasteiger charge is -2.37. The van der Waals surface area contributed by atoms with Crippen molar-refractivity contribution < 1.29 is 32.2 Å². The van der Waals surface area contributed by atoms with Crippen molar-refractivity contribution in [1.82, 2.24) is 14.8 Å². The fourth-order valence-electron chi connectivity index (χ4n) is 4.48. The van der Waals surface area contributed by atoms with Gasteiger partial charge in [-0.1, -0.05) is 0 Å². The van der Waals surface area contributed by atoms with Gasteiger partial charge in [0.05, 0.1) is 25.0 Å². The van der Waals surface area contributed by atoms with Crippen LogP contribution in [-0.4, -0.2) is 66.9 Å². The van der Waals surface area contributed by atoms with Crippen LogP contribution in [0.2, 0.25) is 0 Å². The number of alkyl halides is 3. The average molecular weight is 479 g/mol. The van der Waals surface area contributed by atoms with Gasteiger partial charge in [-0.05, 0) is 44.0 Å². The molecule has 0 spiro atoms. The number of likely N-dealkylation sites (tertiary alicyclic amines) is 1. The molecule has 0 atom stereocenters. The smallest absolute Gasteiger partial charge is 0.417 e. The number of hydrogen-bond donors (Lipinski definition) is 0. The highest BCUT2D eigenvalue weighted by atomic mass is 19.4. The standard InChI is InChI=1S/C24H28F3N3O4/c1-3-33-23(31)29-8-6-19(7-9-29)30-10-11-34-22-17(15-30)12-16(13-21(22)32-2)20-5-4-18(14-28-20)24(25,26)27/h4-5,12-14,19H,3,6-11,15H2,1-2H3. The van der Waals surface area contributed by atoms with E-state index in [-0.39, 0.29) is 12.1 Å². The summed E-state index contributed by atoms with van der Waals surface area (Å²) in [4.78, 5) is 20.1. The number of piperidine rings is 1. The van der Waals surface area contributed by atoms with Crippen LogP contribution < -0.4 is 9.47 Å². The number of rotatable bonds is 4. The molecule has 1 fully saturated rings. The number of carbonyl (C=O) groups is 1. The molecule has 0 bridgehead atoms. The third kappa shape index (κ3) is 5.22. The summed E-state index contributed by atoms with van der Waals surface area (Å²) in [7, 11) is 1.54. The fourth-order valence-corrected chi connectivity index (χ4v) is 4.48. The van der Waals surface area contributed by atoms with Gasteiger partial charge >= 0.3 is 12.3 Å². The van der Waals surface area contributed by atoms with Crippen LogP contribution in [0.4, 0.5) is 18.0 Å². The summed E-state index contributed by atoms with van der Waals surface area (Å²) >= 11 is 0. The average Bonchev–Trinajstić information content (AvgIpc) is 3.06. The maximum absolute atomic E-state index is 12.9. The highest BCUT2D eigenvalue weighted by molar-refractivity contribution is 5.68. The van der Waals surface area contributed by atoms with Gasteiger partial charge in [-0.3, -0.25) is 9.88 Å². The predicted molar refractivity (Wildman–Crippen MR) is 119 cm³/mol. The molecule has 184 valence electrons. The molecule has 0 saturated carbocycles. The van der Waals surface area contributed by atoms with Crippen molar-refractivity contribution in [3.63, 3.8) is 0 Å². The van der Waals surface area contributed by atoms with Crippen LogP contribution in [0, 0.1) is 0 Å². The van der Waals surface area contributed by atoms with Crippen LogP contribution >= 0.6 is 0 Å². The van der Waals surface area contributed by atoms with E-state index < -0.39 is 11.7 Å². The molecule has 7 nitrogen and oxygen atoms in total. The van der Waals surface area contributed by atoms with Crippen LogP contribution in [0.5, 0.6) is 11.5 Å². The lowest BCUT2D eigenvalue weighted by molar-refractivity contribution is -0.137. The summed E-state index contributed by atoms with van der Waals surface area (Å²) in [6.45, 7) is 5.22. The first-order chi connectivity index (χ1) is 16.3. The molecule has 1 aromatic carbocycles. The van der Waals surface area contributed by atoms with Gasteiger partial charge in [0.1, 0.15) is 6.61 Å². The fraction of sp³-hybridized carbons (Fsp3) is 0.500. The topological polar surface area (TPSA) is 64.1 Å². The van der Waals surface area contributed by atoms with E-state index in [0.29, 0.717) is 55.6 Å². The number of amides is 1. The van der Waals surface area contributed by atoms with E-state index in [1.165, 1.54) is 13.2 Å². The Morgan fingerprint density at radius 2 is 1.97 bits per heavy atom. The zero-order chi connectivity index (χ0) is 24.3. The first-order valence-corrected chi connectivity index (χ1v) is 11.3. The Morgan fingerprint density at radius 1 is 1.21 bits per heavy atom. The number of halogens is 3. The van der Waals surface area contributed by atoms with Crippen molar-refractivity contribution in [1.29, 1.82) is 0 Å². The van der Waals surface area contributed by atoms with Gasteiger partial charge in [0.15, 0.2) is 11.5 Å². The number of aromatic nitrogens is 1. The normalized spacial score (nSPS) is 17.5. The second kappa shape index (κ2) is 10.1. The predicted octanol–water partition coefficient (Wildman–Crippen LogP) is 4.59. The minimum atomic E-state index is -4.44. The van der Waals surface area contributed by atoms with Crippen LogP contribution in [0.15, 0.2) is 30.5 Å². The zero-order valence-electron chi connectivity index (χ0n) is 19.2. The summed E-state index contributed by atoms with van der Waals surface area (Å²) in [5.74, 6) is 1.16. The van der Waals surface area contributed by atoms with E-state index in [0.717, 1.165) is 37.2 Å². The van der Waals surface area contributed by atoms with Crippen molar-refractivity contribution in [3.8, 4) is 22.8 Å². The summed E-state index contributed by atoms with van der Waals surface area (Å²) in [6, 6.07) is 6.31. The van der Waals surface area contributed by atoms with Gasteiger partial charge in [0.25, 0.3) is 0 Å². The van der Waals surface area contributed by atoms with E-state index in [2.05, 4.69) is 9.88 Å². The van der Waals surface area contributed by atoms with Crippen molar-refractivity contribution in [2.75, 3.05) is 40.0 Å². The SMILES string of the molecule is CCOC(=O)N1CCC(N2CCOc3c(cc(-c4ccc(C(F)(F)F)cn4)cc3OC)C2)CC1. The Labute approximate surface area is 196 Å². The molecular weight excluding hydrogens is 451 g/mol.